The average Bonchev–Trinajstić information content (AvgIpc) is 2.59. The van der Waals surface area contributed by atoms with Crippen LogP contribution in [0.4, 0.5) is 5.82 Å². The molecular formula is C11H17N3O. The number of hydrogen-bond donors (Lipinski definition) is 1. The van der Waals surface area contributed by atoms with E-state index in [2.05, 4.69) is 16.8 Å². The summed E-state index contributed by atoms with van der Waals surface area (Å²) in [7, 11) is 1.64. The number of aromatic nitrogens is 1. The maximum atomic E-state index is 5.97. The van der Waals surface area contributed by atoms with Crippen molar-refractivity contribution in [1.82, 2.24) is 4.98 Å². The molecule has 2 unspecified atom stereocenters. The molecule has 0 amide bonds. The molecule has 0 spiro atoms. The molecule has 2 heterocycles. The molecule has 2 N–H and O–H groups in total. The van der Waals surface area contributed by atoms with Crippen LogP contribution in [0.2, 0.25) is 0 Å². The third-order valence-electron chi connectivity index (χ3n) is 2.95. The van der Waals surface area contributed by atoms with Crippen LogP contribution in [0.25, 0.3) is 0 Å². The zero-order valence-corrected chi connectivity index (χ0v) is 9.18. The van der Waals surface area contributed by atoms with E-state index in [1.54, 1.807) is 13.3 Å². The van der Waals surface area contributed by atoms with Gasteiger partial charge >= 0.3 is 0 Å². The van der Waals surface area contributed by atoms with E-state index in [0.717, 1.165) is 24.7 Å². The number of pyridine rings is 1. The highest BCUT2D eigenvalue weighted by Gasteiger charge is 2.27. The average molecular weight is 207 g/mol. The lowest BCUT2D eigenvalue weighted by atomic mass is 10.1. The molecule has 1 saturated heterocycles. The van der Waals surface area contributed by atoms with E-state index in [0.29, 0.717) is 5.92 Å². The SMILES string of the molecule is COc1ccc(N2CC(C)C(N)C2)nc1. The number of ether oxygens (including phenoxy) is 1. The van der Waals surface area contributed by atoms with E-state index in [4.69, 9.17) is 10.5 Å². The minimum atomic E-state index is 0.258. The van der Waals surface area contributed by atoms with Gasteiger partial charge in [0.15, 0.2) is 0 Å². The molecule has 1 aliphatic heterocycles. The third-order valence-corrected chi connectivity index (χ3v) is 2.95. The van der Waals surface area contributed by atoms with Gasteiger partial charge in [0.25, 0.3) is 0 Å². The number of rotatable bonds is 2. The third kappa shape index (κ3) is 2.04. The molecule has 15 heavy (non-hydrogen) atoms. The zero-order chi connectivity index (χ0) is 10.8. The van der Waals surface area contributed by atoms with Gasteiger partial charge in [-0.2, -0.15) is 0 Å². The lowest BCUT2D eigenvalue weighted by Crippen LogP contribution is -2.28. The van der Waals surface area contributed by atoms with E-state index in [1.807, 2.05) is 12.1 Å². The van der Waals surface area contributed by atoms with Crippen LogP contribution >= 0.6 is 0 Å². The Hall–Kier alpha value is -1.29. The molecule has 2 atom stereocenters. The highest BCUT2D eigenvalue weighted by molar-refractivity contribution is 5.42. The van der Waals surface area contributed by atoms with Crippen LogP contribution in [0.5, 0.6) is 5.75 Å². The van der Waals surface area contributed by atoms with Crippen molar-refractivity contribution in [3.8, 4) is 5.75 Å². The van der Waals surface area contributed by atoms with Gasteiger partial charge in [-0.15, -0.1) is 0 Å². The predicted molar refractivity (Wildman–Crippen MR) is 60.1 cm³/mol. The summed E-state index contributed by atoms with van der Waals surface area (Å²) in [6, 6.07) is 4.16. The van der Waals surface area contributed by atoms with E-state index in [-0.39, 0.29) is 6.04 Å². The summed E-state index contributed by atoms with van der Waals surface area (Å²) in [6.07, 6.45) is 1.74. The second-order valence-electron chi connectivity index (χ2n) is 4.10. The molecule has 0 saturated carbocycles. The Morgan fingerprint density at radius 3 is 2.73 bits per heavy atom. The Labute approximate surface area is 90.0 Å². The standard InChI is InChI=1S/C11H17N3O/c1-8-6-14(7-10(8)12)11-4-3-9(15-2)5-13-11/h3-5,8,10H,6-7,12H2,1-2H3. The summed E-state index contributed by atoms with van der Waals surface area (Å²) in [5.41, 5.74) is 5.97. The van der Waals surface area contributed by atoms with Crippen molar-refractivity contribution < 1.29 is 4.74 Å². The molecule has 4 nitrogen and oxygen atoms in total. The number of hydrogen-bond acceptors (Lipinski definition) is 4. The van der Waals surface area contributed by atoms with Gasteiger partial charge in [0, 0.05) is 19.1 Å². The fourth-order valence-electron chi connectivity index (χ4n) is 1.86. The largest absolute Gasteiger partial charge is 0.495 e. The second kappa shape index (κ2) is 4.06. The summed E-state index contributed by atoms with van der Waals surface area (Å²) in [4.78, 5) is 6.56. The molecule has 0 bridgehead atoms. The molecular weight excluding hydrogens is 190 g/mol. The molecule has 1 aromatic rings. The summed E-state index contributed by atoms with van der Waals surface area (Å²) >= 11 is 0. The number of nitrogens with zero attached hydrogens (tertiary/aromatic N) is 2. The lowest BCUT2D eigenvalue weighted by molar-refractivity contribution is 0.413. The fourth-order valence-corrected chi connectivity index (χ4v) is 1.86. The minimum Gasteiger partial charge on any atom is -0.495 e. The Kier molecular flexibility index (Phi) is 2.77. The van der Waals surface area contributed by atoms with Crippen molar-refractivity contribution in [1.29, 1.82) is 0 Å². The molecule has 1 aliphatic rings. The van der Waals surface area contributed by atoms with Gasteiger partial charge in [0.2, 0.25) is 0 Å². The monoisotopic (exact) mass is 207 g/mol. The lowest BCUT2D eigenvalue weighted by Gasteiger charge is -2.16. The highest BCUT2D eigenvalue weighted by Crippen LogP contribution is 2.22. The maximum Gasteiger partial charge on any atom is 0.137 e. The zero-order valence-electron chi connectivity index (χ0n) is 9.18. The van der Waals surface area contributed by atoms with E-state index >= 15 is 0 Å². The van der Waals surface area contributed by atoms with Gasteiger partial charge in [-0.25, -0.2) is 4.98 Å². The van der Waals surface area contributed by atoms with Crippen molar-refractivity contribution in [3.05, 3.63) is 18.3 Å². The molecule has 2 rings (SSSR count). The molecule has 4 heteroatoms. The molecule has 82 valence electrons. The van der Waals surface area contributed by atoms with Crippen LogP contribution in [0, 0.1) is 5.92 Å². The van der Waals surface area contributed by atoms with Gasteiger partial charge < -0.3 is 15.4 Å². The summed E-state index contributed by atoms with van der Waals surface area (Å²) in [5, 5.41) is 0. The molecule has 0 radical (unpaired) electrons. The van der Waals surface area contributed by atoms with Crippen LogP contribution in [-0.4, -0.2) is 31.2 Å². The van der Waals surface area contributed by atoms with Crippen LogP contribution < -0.4 is 15.4 Å². The predicted octanol–water partition coefficient (Wildman–Crippen LogP) is 0.874. The number of methoxy groups -OCH3 is 1. The first-order valence-corrected chi connectivity index (χ1v) is 5.21. The number of nitrogens with two attached hydrogens (primary N) is 1. The van der Waals surface area contributed by atoms with Crippen molar-refractivity contribution in [2.24, 2.45) is 11.7 Å². The van der Waals surface area contributed by atoms with Crippen molar-refractivity contribution in [2.45, 2.75) is 13.0 Å². The van der Waals surface area contributed by atoms with E-state index < -0.39 is 0 Å². The van der Waals surface area contributed by atoms with Crippen molar-refractivity contribution in [3.63, 3.8) is 0 Å². The smallest absolute Gasteiger partial charge is 0.137 e. The normalized spacial score (nSPS) is 25.7. The maximum absolute atomic E-state index is 5.97. The molecule has 1 aromatic heterocycles. The van der Waals surface area contributed by atoms with Gasteiger partial charge in [0.05, 0.1) is 13.3 Å². The van der Waals surface area contributed by atoms with Crippen LogP contribution in [0.15, 0.2) is 18.3 Å². The Morgan fingerprint density at radius 1 is 1.47 bits per heavy atom. The molecule has 1 fully saturated rings. The Bertz CT molecular complexity index is 315. The highest BCUT2D eigenvalue weighted by atomic mass is 16.5. The summed E-state index contributed by atoms with van der Waals surface area (Å²) in [6.45, 7) is 4.05. The van der Waals surface area contributed by atoms with Gasteiger partial charge in [-0.3, -0.25) is 0 Å². The van der Waals surface area contributed by atoms with Crippen LogP contribution in [-0.2, 0) is 0 Å². The van der Waals surface area contributed by atoms with E-state index in [1.165, 1.54) is 0 Å². The quantitative estimate of drug-likeness (QED) is 0.782. The Morgan fingerprint density at radius 2 is 2.27 bits per heavy atom. The molecule has 0 aliphatic carbocycles. The van der Waals surface area contributed by atoms with Crippen LogP contribution in [0.3, 0.4) is 0 Å². The van der Waals surface area contributed by atoms with Gasteiger partial charge in [-0.05, 0) is 18.1 Å². The minimum absolute atomic E-state index is 0.258. The number of anilines is 1. The van der Waals surface area contributed by atoms with Crippen LogP contribution in [0.1, 0.15) is 6.92 Å². The van der Waals surface area contributed by atoms with Crippen molar-refractivity contribution in [2.75, 3.05) is 25.1 Å². The molecule has 0 aromatic carbocycles. The van der Waals surface area contributed by atoms with E-state index in [9.17, 15) is 0 Å². The van der Waals surface area contributed by atoms with Crippen molar-refractivity contribution >= 4 is 5.82 Å². The Balaban J connectivity index is 2.10. The first-order valence-electron chi connectivity index (χ1n) is 5.21. The summed E-state index contributed by atoms with van der Waals surface area (Å²) in [5.74, 6) is 2.31. The van der Waals surface area contributed by atoms with Gasteiger partial charge in [-0.1, -0.05) is 6.92 Å². The van der Waals surface area contributed by atoms with Gasteiger partial charge in [0.1, 0.15) is 11.6 Å². The first kappa shape index (κ1) is 10.2. The first-order chi connectivity index (χ1) is 7.20. The summed E-state index contributed by atoms with van der Waals surface area (Å²) < 4.78 is 5.07. The fraction of sp³-hybridized carbons (Fsp3) is 0.545. The second-order valence-corrected chi connectivity index (χ2v) is 4.10. The topological polar surface area (TPSA) is 51.4 Å².